The molecule has 1 aliphatic carbocycles. The first-order valence-corrected chi connectivity index (χ1v) is 17.8. The van der Waals surface area contributed by atoms with E-state index in [-0.39, 0.29) is 41.5 Å². The van der Waals surface area contributed by atoms with Crippen LogP contribution in [-0.2, 0) is 13.0 Å². The number of fused-ring (bicyclic) bond motifs is 2. The third-order valence-electron chi connectivity index (χ3n) is 9.66. The molecular formula is C37H33ClF4N4O4S. The number of anilines is 1. The van der Waals surface area contributed by atoms with Gasteiger partial charge in [0.2, 0.25) is 11.8 Å². The number of carbonyl (C=O) groups excluding carboxylic acids is 2. The number of oxazole rings is 1. The molecule has 3 aromatic carbocycles. The van der Waals surface area contributed by atoms with Crippen LogP contribution in [0.3, 0.4) is 0 Å². The zero-order chi connectivity index (χ0) is 35.9. The smallest absolute Gasteiger partial charge is 0.387 e. The quantitative estimate of drug-likeness (QED) is 0.112. The van der Waals surface area contributed by atoms with E-state index in [1.54, 1.807) is 24.3 Å². The second-order valence-electron chi connectivity index (χ2n) is 13.0. The number of ether oxygens (including phenoxy) is 1. The normalized spacial score (nSPS) is 16.4. The number of thiazole rings is 1. The lowest BCUT2D eigenvalue weighted by atomic mass is 9.84. The lowest BCUT2D eigenvalue weighted by Gasteiger charge is -2.31. The van der Waals surface area contributed by atoms with Crippen molar-refractivity contribution in [2.45, 2.75) is 64.5 Å². The Labute approximate surface area is 299 Å². The van der Waals surface area contributed by atoms with Crippen LogP contribution in [0.25, 0.3) is 33.7 Å². The van der Waals surface area contributed by atoms with Gasteiger partial charge in [-0.3, -0.25) is 14.5 Å². The molecular weight excluding hydrogens is 708 g/mol. The van der Waals surface area contributed by atoms with Gasteiger partial charge in [-0.2, -0.15) is 8.78 Å². The van der Waals surface area contributed by atoms with Gasteiger partial charge in [0, 0.05) is 48.0 Å². The lowest BCUT2D eigenvalue weighted by molar-refractivity contribution is -0.0501. The second kappa shape index (κ2) is 14.4. The van der Waals surface area contributed by atoms with Crippen LogP contribution in [-0.4, -0.2) is 52.7 Å². The van der Waals surface area contributed by atoms with Crippen LogP contribution in [0.5, 0.6) is 5.75 Å². The van der Waals surface area contributed by atoms with Gasteiger partial charge < -0.3 is 14.5 Å². The molecule has 51 heavy (non-hydrogen) atoms. The molecule has 1 amide bonds. The van der Waals surface area contributed by atoms with Crippen LogP contribution in [0.2, 0.25) is 5.02 Å². The number of nitrogens with zero attached hydrogens (tertiary/aromatic N) is 3. The fraction of sp³-hybridized carbons (Fsp3) is 0.351. The van der Waals surface area contributed by atoms with Gasteiger partial charge in [-0.15, -0.1) is 11.3 Å². The predicted molar refractivity (Wildman–Crippen MR) is 187 cm³/mol. The molecule has 1 aliphatic heterocycles. The fourth-order valence-corrected chi connectivity index (χ4v) is 8.07. The van der Waals surface area contributed by atoms with Gasteiger partial charge >= 0.3 is 6.61 Å². The Morgan fingerprint density at radius 2 is 1.88 bits per heavy atom. The van der Waals surface area contributed by atoms with Crippen LogP contribution in [0.4, 0.5) is 23.2 Å². The molecule has 1 N–H and O–H groups in total. The Hall–Kier alpha value is -4.33. The molecule has 0 bridgehead atoms. The molecule has 3 heterocycles. The Bertz CT molecular complexity index is 2110. The second-order valence-corrected chi connectivity index (χ2v) is 14.4. The average Bonchev–Trinajstić information content (AvgIpc) is 3.72. The number of aldehydes is 1. The third-order valence-corrected chi connectivity index (χ3v) is 11.2. The van der Waals surface area contributed by atoms with Crippen molar-refractivity contribution in [3.63, 3.8) is 0 Å². The summed E-state index contributed by atoms with van der Waals surface area (Å²) in [5.74, 6) is -2.67. The Balaban J connectivity index is 1.06. The summed E-state index contributed by atoms with van der Waals surface area (Å²) in [5, 5.41) is 3.58. The van der Waals surface area contributed by atoms with Crippen molar-refractivity contribution < 1.29 is 36.3 Å². The highest BCUT2D eigenvalue weighted by molar-refractivity contribution is 7.13. The minimum absolute atomic E-state index is 0.0256. The molecule has 0 atom stereocenters. The number of carbonyl (C=O) groups is 2. The van der Waals surface area contributed by atoms with Gasteiger partial charge in [-0.1, -0.05) is 35.9 Å². The standard InChI is InChI=1S/C37H33ClF4N4O4S/c1-20-23(4-2-5-24(20)34-44-27-16-22(19-47)29(50-36(39)40)17-30(27)49-34)25-6-3-7-26(32(25)38)43-33(48)35-45-28-18-46(15-11-31(28)51-35)14-10-21-8-12-37(41,42)13-9-21/h2-7,16-17,19,21,36H,8-15,18H2,1H3,(H,43,48). The number of amides is 1. The van der Waals surface area contributed by atoms with E-state index in [0.717, 1.165) is 47.6 Å². The van der Waals surface area contributed by atoms with Gasteiger partial charge in [0.05, 0.1) is 22.0 Å². The summed E-state index contributed by atoms with van der Waals surface area (Å²) in [4.78, 5) is 37.4. The monoisotopic (exact) mass is 740 g/mol. The molecule has 1 saturated carbocycles. The molecule has 0 spiro atoms. The van der Waals surface area contributed by atoms with Gasteiger partial charge in [0.15, 0.2) is 16.9 Å². The first-order chi connectivity index (χ1) is 24.5. The molecule has 1 fully saturated rings. The van der Waals surface area contributed by atoms with E-state index in [0.29, 0.717) is 64.0 Å². The maximum Gasteiger partial charge on any atom is 0.387 e. The predicted octanol–water partition coefficient (Wildman–Crippen LogP) is 9.82. The molecule has 0 unspecified atom stereocenters. The molecule has 2 aromatic heterocycles. The molecule has 5 aromatic rings. The first-order valence-electron chi connectivity index (χ1n) is 16.6. The molecule has 8 nitrogen and oxygen atoms in total. The summed E-state index contributed by atoms with van der Waals surface area (Å²) in [6.45, 7) is 1.03. The van der Waals surface area contributed by atoms with Gasteiger partial charge in [0.25, 0.3) is 5.91 Å². The van der Waals surface area contributed by atoms with E-state index in [4.69, 9.17) is 16.0 Å². The average molecular weight is 741 g/mol. The highest BCUT2D eigenvalue weighted by atomic mass is 35.5. The van der Waals surface area contributed by atoms with E-state index in [9.17, 15) is 27.2 Å². The number of rotatable bonds is 10. The molecule has 2 aliphatic rings. The summed E-state index contributed by atoms with van der Waals surface area (Å²) in [6.07, 6.45) is 3.15. The van der Waals surface area contributed by atoms with Crippen molar-refractivity contribution >= 4 is 51.9 Å². The zero-order valence-corrected chi connectivity index (χ0v) is 29.1. The van der Waals surface area contributed by atoms with Crippen molar-refractivity contribution in [3.05, 3.63) is 80.3 Å². The molecule has 14 heteroatoms. The number of benzene rings is 3. The van der Waals surface area contributed by atoms with Crippen LogP contribution in [0.1, 0.15) is 68.4 Å². The van der Waals surface area contributed by atoms with Crippen molar-refractivity contribution in [1.29, 1.82) is 0 Å². The number of hydrogen-bond acceptors (Lipinski definition) is 8. The lowest BCUT2D eigenvalue weighted by Crippen LogP contribution is -2.33. The molecule has 7 rings (SSSR count). The van der Waals surface area contributed by atoms with E-state index in [1.807, 2.05) is 19.1 Å². The number of alkyl halides is 4. The molecule has 266 valence electrons. The first kappa shape index (κ1) is 35.1. The SMILES string of the molecule is Cc1c(-c2nc3cc(C=O)c(OC(F)F)cc3o2)cccc1-c1cccc(NC(=O)c2nc3c(s2)CCN(CCC2CCC(F)(F)CC2)C3)c1Cl. The highest BCUT2D eigenvalue weighted by Gasteiger charge is 2.35. The minimum atomic E-state index is -3.11. The van der Waals surface area contributed by atoms with Crippen molar-refractivity contribution in [1.82, 2.24) is 14.9 Å². The van der Waals surface area contributed by atoms with E-state index >= 15 is 0 Å². The zero-order valence-electron chi connectivity index (χ0n) is 27.5. The summed E-state index contributed by atoms with van der Waals surface area (Å²) in [5.41, 5.74) is 4.44. The van der Waals surface area contributed by atoms with Crippen LogP contribution < -0.4 is 10.1 Å². The third kappa shape index (κ3) is 7.51. The Kier molecular flexibility index (Phi) is 9.88. The van der Waals surface area contributed by atoms with Crippen molar-refractivity contribution in [3.8, 4) is 28.3 Å². The van der Waals surface area contributed by atoms with Crippen molar-refractivity contribution in [2.24, 2.45) is 5.92 Å². The van der Waals surface area contributed by atoms with Crippen LogP contribution in [0, 0.1) is 12.8 Å². The minimum Gasteiger partial charge on any atom is -0.436 e. The Morgan fingerprint density at radius 1 is 1.14 bits per heavy atom. The fourth-order valence-electron chi connectivity index (χ4n) is 6.84. The summed E-state index contributed by atoms with van der Waals surface area (Å²) >= 11 is 8.28. The molecule has 0 radical (unpaired) electrons. The topological polar surface area (TPSA) is 97.6 Å². The maximum atomic E-state index is 13.5. The van der Waals surface area contributed by atoms with Crippen molar-refractivity contribution in [2.75, 3.05) is 18.4 Å². The van der Waals surface area contributed by atoms with E-state index in [2.05, 4.69) is 24.9 Å². The number of nitrogens with one attached hydrogen (secondary N) is 1. The number of halogens is 5. The van der Waals surface area contributed by atoms with E-state index in [1.165, 1.54) is 23.5 Å². The summed E-state index contributed by atoms with van der Waals surface area (Å²) < 4.78 is 63.3. The molecule has 0 saturated heterocycles. The summed E-state index contributed by atoms with van der Waals surface area (Å²) in [7, 11) is 0. The highest BCUT2D eigenvalue weighted by Crippen LogP contribution is 2.40. The summed E-state index contributed by atoms with van der Waals surface area (Å²) in [6, 6.07) is 13.3. The van der Waals surface area contributed by atoms with Gasteiger partial charge in [0.1, 0.15) is 11.3 Å². The number of aromatic nitrogens is 2. The van der Waals surface area contributed by atoms with Gasteiger partial charge in [-0.25, -0.2) is 18.7 Å². The number of hydrogen-bond donors (Lipinski definition) is 1. The van der Waals surface area contributed by atoms with Crippen LogP contribution >= 0.6 is 22.9 Å². The van der Waals surface area contributed by atoms with Gasteiger partial charge in [-0.05, 0) is 74.4 Å². The van der Waals surface area contributed by atoms with Crippen LogP contribution in [0.15, 0.2) is 52.9 Å². The Morgan fingerprint density at radius 3 is 2.65 bits per heavy atom. The largest absolute Gasteiger partial charge is 0.436 e. The maximum absolute atomic E-state index is 13.5. The van der Waals surface area contributed by atoms with E-state index < -0.39 is 12.5 Å².